The van der Waals surface area contributed by atoms with Crippen molar-refractivity contribution in [1.29, 1.82) is 0 Å². The molecular formula is C22H24N4O. The molecule has 1 aliphatic heterocycles. The molecule has 0 bridgehead atoms. The first kappa shape index (κ1) is 17.6. The fourth-order valence-electron chi connectivity index (χ4n) is 3.91. The smallest absolute Gasteiger partial charge is 0.257 e. The van der Waals surface area contributed by atoms with Crippen molar-refractivity contribution in [3.8, 4) is 0 Å². The van der Waals surface area contributed by atoms with E-state index in [1.807, 2.05) is 24.9 Å². The maximum Gasteiger partial charge on any atom is 0.257 e. The van der Waals surface area contributed by atoms with Gasteiger partial charge in [0.2, 0.25) is 0 Å². The van der Waals surface area contributed by atoms with Gasteiger partial charge in [0.15, 0.2) is 0 Å². The molecule has 0 spiro atoms. The molecule has 0 atom stereocenters. The molecule has 5 nitrogen and oxygen atoms in total. The third kappa shape index (κ3) is 3.42. The summed E-state index contributed by atoms with van der Waals surface area (Å²) in [5.74, 6) is 1.13. The Bertz CT molecular complexity index is 1010. The molecule has 1 aromatic carbocycles. The Hall–Kier alpha value is -2.82. The molecule has 0 aliphatic carbocycles. The summed E-state index contributed by atoms with van der Waals surface area (Å²) >= 11 is 0. The SMILES string of the molecule is Cc1ncc(C(=O)N2CCC(c3cc4c(C)cccc4cn3)CC2)c(C)n1. The molecule has 0 radical (unpaired) electrons. The summed E-state index contributed by atoms with van der Waals surface area (Å²) in [6.07, 6.45) is 5.49. The highest BCUT2D eigenvalue weighted by molar-refractivity contribution is 5.95. The lowest BCUT2D eigenvalue weighted by molar-refractivity contribution is 0.0710. The standard InChI is InChI=1S/C22H24N4O/c1-14-5-4-6-18-12-24-21(11-19(14)18)17-7-9-26(10-8-17)22(27)20-13-23-16(3)25-15(20)2/h4-6,11-13,17H,7-10H2,1-3H3. The molecule has 0 N–H and O–H groups in total. The van der Waals surface area contributed by atoms with E-state index in [9.17, 15) is 4.79 Å². The normalized spacial score (nSPS) is 15.3. The van der Waals surface area contributed by atoms with Crippen molar-refractivity contribution < 1.29 is 4.79 Å². The van der Waals surface area contributed by atoms with Gasteiger partial charge in [-0.1, -0.05) is 18.2 Å². The molecule has 138 valence electrons. The van der Waals surface area contributed by atoms with E-state index >= 15 is 0 Å². The molecule has 1 saturated heterocycles. The summed E-state index contributed by atoms with van der Waals surface area (Å²) in [6, 6.07) is 8.54. The van der Waals surface area contributed by atoms with E-state index in [2.05, 4.69) is 41.2 Å². The van der Waals surface area contributed by atoms with Gasteiger partial charge in [-0.05, 0) is 50.6 Å². The van der Waals surface area contributed by atoms with Gasteiger partial charge in [-0.2, -0.15) is 0 Å². The van der Waals surface area contributed by atoms with Crippen LogP contribution < -0.4 is 0 Å². The van der Waals surface area contributed by atoms with E-state index in [4.69, 9.17) is 4.98 Å². The Kier molecular flexibility index (Phi) is 4.60. The number of hydrogen-bond donors (Lipinski definition) is 0. The monoisotopic (exact) mass is 360 g/mol. The zero-order valence-corrected chi connectivity index (χ0v) is 16.1. The molecule has 1 aliphatic rings. The van der Waals surface area contributed by atoms with Crippen LogP contribution in [0.5, 0.6) is 0 Å². The molecule has 3 heterocycles. The fraction of sp³-hybridized carbons (Fsp3) is 0.364. The van der Waals surface area contributed by atoms with Crippen LogP contribution in [-0.2, 0) is 0 Å². The average molecular weight is 360 g/mol. The summed E-state index contributed by atoms with van der Waals surface area (Å²) in [5.41, 5.74) is 3.78. The molecule has 4 rings (SSSR count). The van der Waals surface area contributed by atoms with E-state index in [0.717, 1.165) is 37.3 Å². The highest BCUT2D eigenvalue weighted by atomic mass is 16.2. The van der Waals surface area contributed by atoms with Crippen LogP contribution >= 0.6 is 0 Å². The molecule has 0 saturated carbocycles. The zero-order chi connectivity index (χ0) is 19.0. The molecule has 0 unspecified atom stereocenters. The number of amides is 1. The lowest BCUT2D eigenvalue weighted by atomic mass is 9.91. The summed E-state index contributed by atoms with van der Waals surface area (Å²) in [7, 11) is 0. The second-order valence-electron chi connectivity index (χ2n) is 7.39. The van der Waals surface area contributed by atoms with Crippen molar-refractivity contribution in [1.82, 2.24) is 19.9 Å². The Labute approximate surface area is 159 Å². The predicted molar refractivity (Wildman–Crippen MR) is 106 cm³/mol. The molecule has 1 amide bonds. The highest BCUT2D eigenvalue weighted by Gasteiger charge is 2.26. The van der Waals surface area contributed by atoms with Crippen LogP contribution in [0.15, 0.2) is 36.7 Å². The van der Waals surface area contributed by atoms with E-state index in [1.54, 1.807) is 6.20 Å². The summed E-state index contributed by atoms with van der Waals surface area (Å²) in [5, 5.41) is 2.45. The number of nitrogens with zero attached hydrogens (tertiary/aromatic N) is 4. The first-order chi connectivity index (χ1) is 13.0. The molecule has 1 fully saturated rings. The number of hydrogen-bond acceptors (Lipinski definition) is 4. The second-order valence-corrected chi connectivity index (χ2v) is 7.39. The molecule has 27 heavy (non-hydrogen) atoms. The minimum atomic E-state index is 0.0354. The van der Waals surface area contributed by atoms with Crippen molar-refractivity contribution in [2.24, 2.45) is 0 Å². The van der Waals surface area contributed by atoms with Gasteiger partial charge in [0.1, 0.15) is 5.82 Å². The fourth-order valence-corrected chi connectivity index (χ4v) is 3.91. The first-order valence-corrected chi connectivity index (χ1v) is 9.47. The van der Waals surface area contributed by atoms with Gasteiger partial charge >= 0.3 is 0 Å². The maximum absolute atomic E-state index is 12.8. The number of aromatic nitrogens is 3. The number of fused-ring (bicyclic) bond motifs is 1. The Balaban J connectivity index is 1.49. The van der Waals surface area contributed by atoms with Crippen molar-refractivity contribution >= 4 is 16.7 Å². The van der Waals surface area contributed by atoms with Crippen LogP contribution in [-0.4, -0.2) is 38.8 Å². The second kappa shape index (κ2) is 7.06. The van der Waals surface area contributed by atoms with E-state index < -0.39 is 0 Å². The summed E-state index contributed by atoms with van der Waals surface area (Å²) in [6.45, 7) is 7.33. The van der Waals surface area contributed by atoms with Crippen LogP contribution in [0, 0.1) is 20.8 Å². The van der Waals surface area contributed by atoms with Gasteiger partial charge in [-0.3, -0.25) is 9.78 Å². The minimum Gasteiger partial charge on any atom is -0.338 e. The largest absolute Gasteiger partial charge is 0.338 e. The van der Waals surface area contributed by atoms with Crippen molar-refractivity contribution in [2.45, 2.75) is 39.5 Å². The summed E-state index contributed by atoms with van der Waals surface area (Å²) < 4.78 is 0. The van der Waals surface area contributed by atoms with Crippen molar-refractivity contribution in [3.63, 3.8) is 0 Å². The van der Waals surface area contributed by atoms with E-state index in [0.29, 0.717) is 17.3 Å². The number of carbonyl (C=O) groups is 1. The van der Waals surface area contributed by atoms with Crippen molar-refractivity contribution in [2.75, 3.05) is 13.1 Å². The van der Waals surface area contributed by atoms with Crippen LogP contribution in [0.4, 0.5) is 0 Å². The Morgan fingerprint density at radius 2 is 1.85 bits per heavy atom. The average Bonchev–Trinajstić information content (AvgIpc) is 2.68. The number of benzene rings is 1. The molecular weight excluding hydrogens is 336 g/mol. The number of piperidine rings is 1. The minimum absolute atomic E-state index is 0.0354. The number of rotatable bonds is 2. The topological polar surface area (TPSA) is 59.0 Å². The van der Waals surface area contributed by atoms with E-state index in [1.165, 1.54) is 16.3 Å². The molecule has 2 aromatic heterocycles. The lowest BCUT2D eigenvalue weighted by Gasteiger charge is -2.32. The van der Waals surface area contributed by atoms with Crippen LogP contribution in [0.3, 0.4) is 0 Å². The summed E-state index contributed by atoms with van der Waals surface area (Å²) in [4.78, 5) is 28.0. The quantitative estimate of drug-likeness (QED) is 0.694. The number of likely N-dealkylation sites (tertiary alicyclic amines) is 1. The zero-order valence-electron chi connectivity index (χ0n) is 16.1. The maximum atomic E-state index is 12.8. The number of carbonyl (C=O) groups excluding carboxylic acids is 1. The van der Waals surface area contributed by atoms with Gasteiger partial charge < -0.3 is 4.90 Å². The predicted octanol–water partition coefficient (Wildman–Crippen LogP) is 3.97. The third-order valence-corrected chi connectivity index (χ3v) is 5.53. The van der Waals surface area contributed by atoms with Crippen LogP contribution in [0.2, 0.25) is 0 Å². The van der Waals surface area contributed by atoms with Gasteiger partial charge in [-0.25, -0.2) is 9.97 Å². The van der Waals surface area contributed by atoms with E-state index in [-0.39, 0.29) is 5.91 Å². The first-order valence-electron chi connectivity index (χ1n) is 9.47. The van der Waals surface area contributed by atoms with Gasteiger partial charge in [0.05, 0.1) is 11.3 Å². The number of pyridine rings is 1. The van der Waals surface area contributed by atoms with Gasteiger partial charge in [0, 0.05) is 42.5 Å². The lowest BCUT2D eigenvalue weighted by Crippen LogP contribution is -2.38. The van der Waals surface area contributed by atoms with Crippen LogP contribution in [0.25, 0.3) is 10.8 Å². The molecule has 5 heteroatoms. The van der Waals surface area contributed by atoms with Crippen LogP contribution in [0.1, 0.15) is 51.9 Å². The van der Waals surface area contributed by atoms with Gasteiger partial charge in [-0.15, -0.1) is 0 Å². The third-order valence-electron chi connectivity index (χ3n) is 5.53. The van der Waals surface area contributed by atoms with Gasteiger partial charge in [0.25, 0.3) is 5.91 Å². The Morgan fingerprint density at radius 1 is 1.07 bits per heavy atom. The Morgan fingerprint density at radius 3 is 2.59 bits per heavy atom. The molecule has 3 aromatic rings. The number of aryl methyl sites for hydroxylation is 3. The highest BCUT2D eigenvalue weighted by Crippen LogP contribution is 2.30. The van der Waals surface area contributed by atoms with Crippen molar-refractivity contribution in [3.05, 3.63) is 65.0 Å².